The van der Waals surface area contributed by atoms with E-state index in [1.165, 1.54) is 20.2 Å². The van der Waals surface area contributed by atoms with Crippen molar-refractivity contribution in [2.45, 2.75) is 52.2 Å². The SMILES string of the molecule is COC[C@H]1OC(=O)/C(=C/Nc2ccccc2)C2=C(O)C(=O)C3=C([C@H](OC(C)=O)C[C@]4(C)C(=O)CC[C@@H]34)[C@]21C. The number of rotatable bonds is 5. The molecule has 1 saturated carbocycles. The molecule has 2 fully saturated rings. The van der Waals surface area contributed by atoms with E-state index in [-0.39, 0.29) is 42.0 Å². The van der Waals surface area contributed by atoms with Gasteiger partial charge in [-0.2, -0.15) is 0 Å². The maximum Gasteiger partial charge on any atom is 0.340 e. The number of ketones is 2. The van der Waals surface area contributed by atoms with Crippen molar-refractivity contribution in [1.82, 2.24) is 0 Å². The van der Waals surface area contributed by atoms with Crippen molar-refractivity contribution in [3.8, 4) is 0 Å². The van der Waals surface area contributed by atoms with Crippen molar-refractivity contribution in [1.29, 1.82) is 0 Å². The number of hydrogen-bond acceptors (Lipinski definition) is 9. The van der Waals surface area contributed by atoms with Crippen LogP contribution in [0.25, 0.3) is 0 Å². The van der Waals surface area contributed by atoms with Crippen molar-refractivity contribution in [3.63, 3.8) is 0 Å². The zero-order valence-corrected chi connectivity index (χ0v) is 21.8. The second kappa shape index (κ2) is 9.23. The number of benzene rings is 1. The maximum atomic E-state index is 13.9. The molecular weight excluding hydrogens is 490 g/mol. The van der Waals surface area contributed by atoms with Gasteiger partial charge < -0.3 is 24.6 Å². The summed E-state index contributed by atoms with van der Waals surface area (Å²) in [4.78, 5) is 52.4. The number of Topliss-reactive ketones (excluding diaryl/α,β-unsaturated/α-hetero) is 2. The van der Waals surface area contributed by atoms with Crippen molar-refractivity contribution in [2.24, 2.45) is 16.7 Å². The molecule has 3 aliphatic carbocycles. The van der Waals surface area contributed by atoms with Gasteiger partial charge in [-0.1, -0.05) is 25.1 Å². The molecule has 0 radical (unpaired) electrons. The smallest absolute Gasteiger partial charge is 0.340 e. The van der Waals surface area contributed by atoms with Crippen LogP contribution in [0.2, 0.25) is 0 Å². The van der Waals surface area contributed by atoms with Crippen LogP contribution in [0.3, 0.4) is 0 Å². The number of aliphatic hydroxyl groups excluding tert-OH is 1. The monoisotopic (exact) mass is 521 g/mol. The predicted molar refractivity (Wildman–Crippen MR) is 136 cm³/mol. The number of para-hydroxylation sites is 1. The third-order valence-corrected chi connectivity index (χ3v) is 8.58. The molecule has 5 rings (SSSR count). The van der Waals surface area contributed by atoms with E-state index in [1.807, 2.05) is 18.2 Å². The zero-order chi connectivity index (χ0) is 27.4. The number of nitrogens with one attached hydrogen (secondary N) is 1. The van der Waals surface area contributed by atoms with E-state index in [0.717, 1.165) is 0 Å². The molecule has 9 nitrogen and oxygen atoms in total. The Hall–Kier alpha value is -3.72. The van der Waals surface area contributed by atoms with E-state index in [1.54, 1.807) is 26.0 Å². The molecule has 0 unspecified atom stereocenters. The molecule has 1 saturated heterocycles. The summed E-state index contributed by atoms with van der Waals surface area (Å²) in [6, 6.07) is 9.09. The van der Waals surface area contributed by atoms with E-state index in [2.05, 4.69) is 5.32 Å². The Morgan fingerprint density at radius 2 is 1.92 bits per heavy atom. The van der Waals surface area contributed by atoms with Gasteiger partial charge in [-0.3, -0.25) is 14.4 Å². The number of carbonyl (C=O) groups excluding carboxylic acids is 4. The Kier molecular flexibility index (Phi) is 6.30. The third kappa shape index (κ3) is 3.71. The summed E-state index contributed by atoms with van der Waals surface area (Å²) in [5.74, 6) is -2.99. The van der Waals surface area contributed by atoms with Gasteiger partial charge in [0, 0.05) is 61.2 Å². The van der Waals surface area contributed by atoms with Gasteiger partial charge in [-0.05, 0) is 31.1 Å². The number of methoxy groups -OCH3 is 1. The third-order valence-electron chi connectivity index (χ3n) is 8.58. The van der Waals surface area contributed by atoms with E-state index in [0.29, 0.717) is 17.7 Å². The highest BCUT2D eigenvalue weighted by Gasteiger charge is 2.64. The maximum absolute atomic E-state index is 13.9. The number of carbonyl (C=O) groups is 4. The molecule has 200 valence electrons. The lowest BCUT2D eigenvalue weighted by molar-refractivity contribution is -0.160. The van der Waals surface area contributed by atoms with Gasteiger partial charge in [0.2, 0.25) is 5.78 Å². The average Bonchev–Trinajstić information content (AvgIpc) is 3.16. The van der Waals surface area contributed by atoms with Gasteiger partial charge in [-0.25, -0.2) is 4.79 Å². The Bertz CT molecular complexity index is 1330. The number of fused-ring (bicyclic) bond motifs is 4. The van der Waals surface area contributed by atoms with Gasteiger partial charge >= 0.3 is 11.9 Å². The first-order valence-electron chi connectivity index (χ1n) is 12.7. The summed E-state index contributed by atoms with van der Waals surface area (Å²) in [5, 5.41) is 14.5. The molecule has 38 heavy (non-hydrogen) atoms. The largest absolute Gasteiger partial charge is 0.504 e. The first-order valence-corrected chi connectivity index (χ1v) is 12.7. The first-order chi connectivity index (χ1) is 18.0. The number of anilines is 1. The minimum absolute atomic E-state index is 0.00502. The lowest BCUT2D eigenvalue weighted by Crippen LogP contribution is -2.57. The van der Waals surface area contributed by atoms with Crippen molar-refractivity contribution >= 4 is 29.2 Å². The van der Waals surface area contributed by atoms with Crippen molar-refractivity contribution in [3.05, 3.63) is 64.6 Å². The molecule has 1 aromatic carbocycles. The Labute approximate surface area is 220 Å². The Morgan fingerprint density at radius 1 is 1.21 bits per heavy atom. The van der Waals surface area contributed by atoms with Crippen LogP contribution in [-0.4, -0.2) is 54.5 Å². The van der Waals surface area contributed by atoms with E-state index in [9.17, 15) is 24.3 Å². The predicted octanol–water partition coefficient (Wildman–Crippen LogP) is 3.57. The van der Waals surface area contributed by atoms with E-state index in [4.69, 9.17) is 14.2 Å². The fraction of sp³-hybridized carbons (Fsp3) is 0.448. The molecule has 1 heterocycles. The highest BCUT2D eigenvalue weighted by molar-refractivity contribution is 6.14. The van der Waals surface area contributed by atoms with Crippen LogP contribution in [0.4, 0.5) is 5.69 Å². The second-order valence-corrected chi connectivity index (χ2v) is 10.7. The van der Waals surface area contributed by atoms with Gasteiger partial charge in [0.1, 0.15) is 18.0 Å². The lowest BCUT2D eigenvalue weighted by Gasteiger charge is -2.53. The van der Waals surface area contributed by atoms with Crippen molar-refractivity contribution in [2.75, 3.05) is 19.0 Å². The summed E-state index contributed by atoms with van der Waals surface area (Å²) in [7, 11) is 1.46. The molecule has 0 spiro atoms. The average molecular weight is 522 g/mol. The van der Waals surface area contributed by atoms with Crippen LogP contribution >= 0.6 is 0 Å². The van der Waals surface area contributed by atoms with E-state index < -0.39 is 52.4 Å². The zero-order valence-electron chi connectivity index (χ0n) is 21.8. The van der Waals surface area contributed by atoms with Crippen LogP contribution in [-0.2, 0) is 33.4 Å². The van der Waals surface area contributed by atoms with Gasteiger partial charge in [0.25, 0.3) is 0 Å². The first kappa shape index (κ1) is 25.9. The quantitative estimate of drug-likeness (QED) is 0.441. The second-order valence-electron chi connectivity index (χ2n) is 10.7. The standard InChI is InChI=1S/C29H31NO8/c1-15(31)37-19-12-28(2)18(10-11-20(28)32)22-24(19)29(3)21(14-36-4)38-27(35)17(23(29)26(34)25(22)33)13-30-16-8-6-5-7-9-16/h5-9,13,18-19,21,30,34H,10-12,14H2,1-4H3/b17-13+/t18-,19+,21+,28-,29-/m0/s1. The number of cyclic esters (lactones) is 1. The van der Waals surface area contributed by atoms with Crippen LogP contribution in [0.15, 0.2) is 64.6 Å². The minimum atomic E-state index is -1.27. The number of esters is 2. The highest BCUT2D eigenvalue weighted by atomic mass is 16.6. The number of ether oxygens (including phenoxy) is 3. The fourth-order valence-corrected chi connectivity index (χ4v) is 6.79. The number of allylic oxidation sites excluding steroid dienone is 1. The molecule has 0 amide bonds. The molecule has 1 aliphatic heterocycles. The number of hydrogen-bond donors (Lipinski definition) is 2. The topological polar surface area (TPSA) is 128 Å². The Morgan fingerprint density at radius 3 is 2.58 bits per heavy atom. The number of aliphatic hydroxyl groups is 1. The molecule has 9 heteroatoms. The summed E-state index contributed by atoms with van der Waals surface area (Å²) < 4.78 is 17.1. The molecule has 0 bridgehead atoms. The Balaban J connectivity index is 1.74. The summed E-state index contributed by atoms with van der Waals surface area (Å²) >= 11 is 0. The van der Waals surface area contributed by atoms with Crippen LogP contribution in [0.5, 0.6) is 0 Å². The minimum Gasteiger partial charge on any atom is -0.504 e. The molecule has 1 aromatic rings. The molecule has 5 atom stereocenters. The molecule has 0 aromatic heterocycles. The van der Waals surface area contributed by atoms with Crippen molar-refractivity contribution < 1.29 is 38.5 Å². The summed E-state index contributed by atoms with van der Waals surface area (Å²) in [5.41, 5.74) is -0.692. The fourth-order valence-electron chi connectivity index (χ4n) is 6.79. The molecule has 4 aliphatic rings. The van der Waals surface area contributed by atoms with Gasteiger partial charge in [-0.15, -0.1) is 0 Å². The normalized spacial score (nSPS) is 33.5. The van der Waals surface area contributed by atoms with Crippen LogP contribution in [0.1, 0.15) is 40.0 Å². The lowest BCUT2D eigenvalue weighted by atomic mass is 9.53. The van der Waals surface area contributed by atoms with Crippen LogP contribution < -0.4 is 5.32 Å². The van der Waals surface area contributed by atoms with Crippen LogP contribution in [0, 0.1) is 16.7 Å². The summed E-state index contributed by atoms with van der Waals surface area (Å²) in [6.45, 7) is 4.80. The highest BCUT2D eigenvalue weighted by Crippen LogP contribution is 2.62. The summed E-state index contributed by atoms with van der Waals surface area (Å²) in [6.07, 6.45) is 0.482. The van der Waals surface area contributed by atoms with Gasteiger partial charge in [0.15, 0.2) is 5.76 Å². The van der Waals surface area contributed by atoms with E-state index >= 15 is 0 Å². The molecular formula is C29H31NO8. The molecule has 2 N–H and O–H groups in total. The van der Waals surface area contributed by atoms with Gasteiger partial charge in [0.05, 0.1) is 17.6 Å².